The lowest BCUT2D eigenvalue weighted by Gasteiger charge is -2.10. The Balaban J connectivity index is 2.27. The van der Waals surface area contributed by atoms with Gasteiger partial charge in [-0.05, 0) is 18.2 Å². The van der Waals surface area contributed by atoms with Crippen LogP contribution < -0.4 is 9.88 Å². The van der Waals surface area contributed by atoms with E-state index in [0.29, 0.717) is 10.6 Å². The number of ether oxygens (including phenoxy) is 1. The summed E-state index contributed by atoms with van der Waals surface area (Å²) in [5, 5.41) is 5.18. The highest BCUT2D eigenvalue weighted by Crippen LogP contribution is 2.26. The Kier molecular flexibility index (Phi) is 4.46. The van der Waals surface area contributed by atoms with Crippen molar-refractivity contribution in [3.63, 3.8) is 0 Å². The van der Waals surface area contributed by atoms with Crippen molar-refractivity contribution < 1.29 is 21.9 Å². The van der Waals surface area contributed by atoms with E-state index in [2.05, 4.69) is 0 Å². The van der Waals surface area contributed by atoms with Crippen LogP contribution in [0.5, 0.6) is 5.75 Å². The summed E-state index contributed by atoms with van der Waals surface area (Å²) in [5.74, 6) is -3.43. The molecule has 0 aliphatic heterocycles. The third-order valence-corrected chi connectivity index (χ3v) is 3.96. The quantitative estimate of drug-likeness (QED) is 0.935. The molecule has 0 fully saturated rings. The van der Waals surface area contributed by atoms with Gasteiger partial charge in [-0.1, -0.05) is 29.8 Å². The van der Waals surface area contributed by atoms with Crippen molar-refractivity contribution in [1.29, 1.82) is 0 Å². The highest BCUT2D eigenvalue weighted by atomic mass is 35.5. The molecule has 0 aliphatic rings. The Labute approximate surface area is 125 Å². The molecule has 2 aromatic carbocycles. The van der Waals surface area contributed by atoms with Crippen molar-refractivity contribution in [2.24, 2.45) is 5.14 Å². The van der Waals surface area contributed by atoms with Crippen LogP contribution in [0.2, 0.25) is 5.02 Å². The van der Waals surface area contributed by atoms with Crippen LogP contribution in [0.1, 0.15) is 5.56 Å². The predicted molar refractivity (Wildman–Crippen MR) is 73.5 cm³/mol. The minimum atomic E-state index is -4.34. The van der Waals surface area contributed by atoms with Crippen molar-refractivity contribution in [1.82, 2.24) is 0 Å². The van der Waals surface area contributed by atoms with Crippen LogP contribution in [-0.4, -0.2) is 8.42 Å². The molecule has 0 atom stereocenters. The molecule has 0 amide bonds. The van der Waals surface area contributed by atoms with Crippen molar-refractivity contribution in [3.05, 3.63) is 58.6 Å². The highest BCUT2D eigenvalue weighted by molar-refractivity contribution is 7.89. The zero-order valence-corrected chi connectivity index (χ0v) is 12.1. The van der Waals surface area contributed by atoms with E-state index in [9.17, 15) is 17.2 Å². The Morgan fingerprint density at radius 1 is 1.10 bits per heavy atom. The maximum absolute atomic E-state index is 13.7. The van der Waals surface area contributed by atoms with Crippen molar-refractivity contribution >= 4 is 21.6 Å². The van der Waals surface area contributed by atoms with Crippen LogP contribution in [0.3, 0.4) is 0 Å². The largest absolute Gasteiger partial charge is 0.486 e. The maximum Gasteiger partial charge on any atom is 0.241 e. The van der Waals surface area contributed by atoms with Gasteiger partial charge in [0, 0.05) is 10.6 Å². The first-order valence-electron chi connectivity index (χ1n) is 5.67. The summed E-state index contributed by atoms with van der Waals surface area (Å²) in [7, 11) is -4.34. The summed E-state index contributed by atoms with van der Waals surface area (Å²) in [5.41, 5.74) is 0.578. The van der Waals surface area contributed by atoms with Crippen molar-refractivity contribution in [2.75, 3.05) is 0 Å². The molecule has 2 N–H and O–H groups in total. The van der Waals surface area contributed by atoms with Gasteiger partial charge in [0.05, 0.1) is 0 Å². The van der Waals surface area contributed by atoms with Crippen LogP contribution >= 0.6 is 11.6 Å². The van der Waals surface area contributed by atoms with Gasteiger partial charge in [-0.3, -0.25) is 0 Å². The van der Waals surface area contributed by atoms with E-state index >= 15 is 0 Å². The predicted octanol–water partition coefficient (Wildman–Crippen LogP) is 2.84. The lowest BCUT2D eigenvalue weighted by Crippen LogP contribution is -2.15. The summed E-state index contributed by atoms with van der Waals surface area (Å²) in [4.78, 5) is -0.926. The van der Waals surface area contributed by atoms with E-state index < -0.39 is 32.3 Å². The van der Waals surface area contributed by atoms with Gasteiger partial charge >= 0.3 is 0 Å². The lowest BCUT2D eigenvalue weighted by molar-refractivity contribution is 0.283. The highest BCUT2D eigenvalue weighted by Gasteiger charge is 2.21. The lowest BCUT2D eigenvalue weighted by atomic mass is 10.2. The van der Waals surface area contributed by atoms with Crippen LogP contribution in [0.4, 0.5) is 8.78 Å². The Morgan fingerprint density at radius 3 is 2.38 bits per heavy atom. The smallest absolute Gasteiger partial charge is 0.241 e. The van der Waals surface area contributed by atoms with Gasteiger partial charge in [-0.15, -0.1) is 0 Å². The third-order valence-electron chi connectivity index (χ3n) is 2.66. The Hall–Kier alpha value is -1.70. The zero-order chi connectivity index (χ0) is 15.6. The third kappa shape index (κ3) is 3.49. The first-order valence-corrected chi connectivity index (χ1v) is 7.60. The van der Waals surface area contributed by atoms with Gasteiger partial charge in [-0.25, -0.2) is 17.9 Å². The molecule has 112 valence electrons. The summed E-state index contributed by atoms with van der Waals surface area (Å²) >= 11 is 5.90. The topological polar surface area (TPSA) is 69.4 Å². The van der Waals surface area contributed by atoms with Gasteiger partial charge in [0.25, 0.3) is 0 Å². The summed E-state index contributed by atoms with van der Waals surface area (Å²) in [6.07, 6.45) is 0. The molecule has 2 aromatic rings. The number of hydrogen-bond acceptors (Lipinski definition) is 3. The van der Waals surface area contributed by atoms with Crippen LogP contribution in [0.25, 0.3) is 0 Å². The van der Waals surface area contributed by atoms with Gasteiger partial charge in [-0.2, -0.15) is 4.39 Å². The van der Waals surface area contributed by atoms with Gasteiger partial charge < -0.3 is 4.74 Å². The van der Waals surface area contributed by atoms with Crippen LogP contribution in [0.15, 0.2) is 41.3 Å². The first kappa shape index (κ1) is 15.7. The molecule has 0 aromatic heterocycles. The number of halogens is 3. The number of benzene rings is 2. The standard InChI is InChI=1S/C13H10ClF2NO3S/c14-9-4-2-1-3-8(9)7-20-10-5-6-11(21(17,18)19)13(16)12(10)15/h1-6H,7H2,(H2,17,18,19). The van der Waals surface area contributed by atoms with Crippen LogP contribution in [-0.2, 0) is 16.6 Å². The molecule has 2 rings (SSSR count). The van der Waals surface area contributed by atoms with E-state index in [1.54, 1.807) is 24.3 Å². The molecule has 0 saturated carbocycles. The minimum Gasteiger partial charge on any atom is -0.486 e. The monoisotopic (exact) mass is 333 g/mol. The molecular formula is C13H10ClF2NO3S. The molecule has 0 unspecified atom stereocenters. The van der Waals surface area contributed by atoms with Crippen molar-refractivity contribution in [2.45, 2.75) is 11.5 Å². The molecule has 0 heterocycles. The average Bonchev–Trinajstić information content (AvgIpc) is 2.40. The van der Waals surface area contributed by atoms with Gasteiger partial charge in [0.15, 0.2) is 11.6 Å². The molecule has 0 saturated heterocycles. The average molecular weight is 334 g/mol. The number of primary sulfonamides is 1. The number of sulfonamides is 1. The molecule has 0 spiro atoms. The normalized spacial score (nSPS) is 11.4. The van der Waals surface area contributed by atoms with E-state index in [0.717, 1.165) is 12.1 Å². The second-order valence-electron chi connectivity index (χ2n) is 4.11. The molecule has 8 heteroatoms. The van der Waals surface area contributed by atoms with Gasteiger partial charge in [0.2, 0.25) is 15.8 Å². The molecule has 0 bridgehead atoms. The summed E-state index contributed by atoms with van der Waals surface area (Å²) in [6, 6.07) is 8.56. The number of hydrogen-bond donors (Lipinski definition) is 1. The van der Waals surface area contributed by atoms with Crippen molar-refractivity contribution in [3.8, 4) is 5.75 Å². The molecule has 21 heavy (non-hydrogen) atoms. The SMILES string of the molecule is NS(=O)(=O)c1ccc(OCc2ccccc2Cl)c(F)c1F. The first-order chi connectivity index (χ1) is 9.80. The molecule has 0 aliphatic carbocycles. The van der Waals surface area contributed by atoms with Gasteiger partial charge in [0.1, 0.15) is 11.5 Å². The Morgan fingerprint density at radius 2 is 1.76 bits per heavy atom. The number of rotatable bonds is 4. The fourth-order valence-corrected chi connectivity index (χ4v) is 2.40. The molecular weight excluding hydrogens is 324 g/mol. The minimum absolute atomic E-state index is 0.0925. The Bertz CT molecular complexity index is 781. The second kappa shape index (κ2) is 5.97. The fraction of sp³-hybridized carbons (Fsp3) is 0.0769. The molecule has 4 nitrogen and oxygen atoms in total. The van der Waals surface area contributed by atoms with E-state index in [-0.39, 0.29) is 6.61 Å². The fourth-order valence-electron chi connectivity index (χ4n) is 1.62. The molecule has 0 radical (unpaired) electrons. The summed E-state index contributed by atoms with van der Waals surface area (Å²) < 4.78 is 54.6. The van der Waals surface area contributed by atoms with E-state index in [1.165, 1.54) is 0 Å². The summed E-state index contributed by atoms with van der Waals surface area (Å²) in [6.45, 7) is -0.0925. The maximum atomic E-state index is 13.7. The zero-order valence-electron chi connectivity index (χ0n) is 10.5. The van der Waals surface area contributed by atoms with Crippen LogP contribution in [0, 0.1) is 11.6 Å². The second-order valence-corrected chi connectivity index (χ2v) is 6.05. The van der Waals surface area contributed by atoms with E-state index in [4.69, 9.17) is 21.5 Å². The van der Waals surface area contributed by atoms with E-state index in [1.807, 2.05) is 0 Å². The number of nitrogens with two attached hydrogens (primary N) is 1.